The maximum absolute atomic E-state index is 12.6. The van der Waals surface area contributed by atoms with E-state index >= 15 is 0 Å². The Bertz CT molecular complexity index is 726. The average molecular weight is 339 g/mol. The standard InChI is InChI=1S/C20H21NO4/c1-20(14-25-20)18(22)17(12-15-8-4-2-5-9-15)21-19(23)24-13-16-10-6-3-7-11-16/h2-11,17H,12-14H2,1H3,(H,21,23)/t17-,20?/m0/s1. The van der Waals surface area contributed by atoms with Gasteiger partial charge in [0.2, 0.25) is 0 Å². The molecule has 1 N–H and O–H groups in total. The van der Waals surface area contributed by atoms with E-state index in [1.807, 2.05) is 60.7 Å². The molecule has 1 aliphatic rings. The van der Waals surface area contributed by atoms with Crippen LogP contribution in [-0.2, 0) is 27.3 Å². The number of ether oxygens (including phenoxy) is 2. The first-order valence-electron chi connectivity index (χ1n) is 8.26. The first-order valence-corrected chi connectivity index (χ1v) is 8.26. The number of Topliss-reactive ketones (excluding diaryl/α,β-unsaturated/α-hetero) is 1. The number of amides is 1. The summed E-state index contributed by atoms with van der Waals surface area (Å²) in [7, 11) is 0. The Balaban J connectivity index is 1.62. The van der Waals surface area contributed by atoms with Crippen molar-refractivity contribution in [1.29, 1.82) is 0 Å². The molecule has 0 bridgehead atoms. The highest BCUT2D eigenvalue weighted by molar-refractivity contribution is 5.95. The first-order chi connectivity index (χ1) is 12.1. The summed E-state index contributed by atoms with van der Waals surface area (Å²) in [5, 5.41) is 2.69. The molecular formula is C20H21NO4. The predicted molar refractivity (Wildman–Crippen MR) is 93.1 cm³/mol. The van der Waals surface area contributed by atoms with E-state index < -0.39 is 17.7 Å². The molecule has 0 aliphatic carbocycles. The summed E-state index contributed by atoms with van der Waals surface area (Å²) in [6.07, 6.45) is -0.207. The van der Waals surface area contributed by atoms with Gasteiger partial charge in [-0.15, -0.1) is 0 Å². The molecule has 25 heavy (non-hydrogen) atoms. The highest BCUT2D eigenvalue weighted by Crippen LogP contribution is 2.29. The summed E-state index contributed by atoms with van der Waals surface area (Å²) >= 11 is 0. The Morgan fingerprint density at radius 3 is 2.20 bits per heavy atom. The van der Waals surface area contributed by atoms with Crippen molar-refractivity contribution in [3.05, 3.63) is 71.8 Å². The van der Waals surface area contributed by atoms with Crippen LogP contribution in [-0.4, -0.2) is 30.1 Å². The summed E-state index contributed by atoms with van der Waals surface area (Å²) < 4.78 is 10.5. The fourth-order valence-electron chi connectivity index (χ4n) is 2.59. The van der Waals surface area contributed by atoms with Gasteiger partial charge in [-0.1, -0.05) is 60.7 Å². The van der Waals surface area contributed by atoms with Crippen LogP contribution in [0.25, 0.3) is 0 Å². The maximum atomic E-state index is 12.6. The lowest BCUT2D eigenvalue weighted by Gasteiger charge is -2.19. The van der Waals surface area contributed by atoms with Gasteiger partial charge in [-0.05, 0) is 24.5 Å². The minimum atomic E-state index is -0.799. The lowest BCUT2D eigenvalue weighted by atomic mass is 9.95. The second kappa shape index (κ2) is 7.49. The predicted octanol–water partition coefficient (Wildman–Crippen LogP) is 2.88. The molecule has 3 rings (SSSR count). The Morgan fingerprint density at radius 1 is 1.08 bits per heavy atom. The lowest BCUT2D eigenvalue weighted by Crippen LogP contribution is -2.47. The van der Waals surface area contributed by atoms with Crippen molar-refractivity contribution >= 4 is 11.9 Å². The van der Waals surface area contributed by atoms with Crippen LogP contribution in [0.3, 0.4) is 0 Å². The van der Waals surface area contributed by atoms with E-state index in [0.29, 0.717) is 13.0 Å². The highest BCUT2D eigenvalue weighted by atomic mass is 16.6. The third-order valence-corrected chi connectivity index (χ3v) is 4.20. The molecule has 1 heterocycles. The molecule has 1 saturated heterocycles. The van der Waals surface area contributed by atoms with Crippen LogP contribution >= 0.6 is 0 Å². The zero-order chi connectivity index (χ0) is 17.7. The zero-order valence-electron chi connectivity index (χ0n) is 14.1. The van der Waals surface area contributed by atoms with Gasteiger partial charge in [-0.25, -0.2) is 4.79 Å². The molecule has 0 radical (unpaired) electrons. The SMILES string of the molecule is CC1(C(=O)[C@H](Cc2ccccc2)NC(=O)OCc2ccccc2)CO1. The van der Waals surface area contributed by atoms with Crippen LogP contribution in [0.2, 0.25) is 0 Å². The number of benzene rings is 2. The number of ketones is 1. The van der Waals surface area contributed by atoms with E-state index in [4.69, 9.17) is 9.47 Å². The second-order valence-electron chi connectivity index (χ2n) is 6.33. The Labute approximate surface area is 147 Å². The number of hydrogen-bond donors (Lipinski definition) is 1. The molecule has 0 spiro atoms. The van der Waals surface area contributed by atoms with Crippen molar-refractivity contribution in [2.45, 2.75) is 31.6 Å². The van der Waals surface area contributed by atoms with Crippen LogP contribution in [0.1, 0.15) is 18.1 Å². The largest absolute Gasteiger partial charge is 0.445 e. The number of epoxide rings is 1. The van der Waals surface area contributed by atoms with E-state index in [1.165, 1.54) is 0 Å². The lowest BCUT2D eigenvalue weighted by molar-refractivity contribution is -0.125. The van der Waals surface area contributed by atoms with E-state index in [1.54, 1.807) is 6.92 Å². The molecule has 5 nitrogen and oxygen atoms in total. The Hall–Kier alpha value is -2.66. The fraction of sp³-hybridized carbons (Fsp3) is 0.300. The summed E-state index contributed by atoms with van der Waals surface area (Å²) in [6, 6.07) is 18.3. The zero-order valence-corrected chi connectivity index (χ0v) is 14.1. The topological polar surface area (TPSA) is 67.9 Å². The Morgan fingerprint density at radius 2 is 1.64 bits per heavy atom. The van der Waals surface area contributed by atoms with E-state index in [9.17, 15) is 9.59 Å². The first kappa shape index (κ1) is 17.2. The summed E-state index contributed by atoms with van der Waals surface area (Å²) in [4.78, 5) is 24.8. The van der Waals surface area contributed by atoms with Crippen molar-refractivity contribution in [1.82, 2.24) is 5.32 Å². The smallest absolute Gasteiger partial charge is 0.408 e. The molecule has 1 fully saturated rings. The molecule has 1 aliphatic heterocycles. The quantitative estimate of drug-likeness (QED) is 0.788. The number of rotatable bonds is 7. The van der Waals surface area contributed by atoms with Gasteiger partial charge in [0.05, 0.1) is 12.6 Å². The average Bonchev–Trinajstić information content (AvgIpc) is 3.39. The van der Waals surface area contributed by atoms with Crippen molar-refractivity contribution in [3.8, 4) is 0 Å². The third kappa shape index (κ3) is 4.67. The Kier molecular flexibility index (Phi) is 5.14. The minimum Gasteiger partial charge on any atom is -0.445 e. The van der Waals surface area contributed by atoms with E-state index in [2.05, 4.69) is 5.32 Å². The van der Waals surface area contributed by atoms with Crippen molar-refractivity contribution in [2.75, 3.05) is 6.61 Å². The molecule has 1 unspecified atom stereocenters. The molecule has 130 valence electrons. The highest BCUT2D eigenvalue weighted by Gasteiger charge is 2.50. The number of hydrogen-bond acceptors (Lipinski definition) is 4. The van der Waals surface area contributed by atoms with Crippen molar-refractivity contribution < 1.29 is 19.1 Å². The number of nitrogens with one attached hydrogen (secondary N) is 1. The van der Waals surface area contributed by atoms with Gasteiger partial charge in [-0.3, -0.25) is 4.79 Å². The van der Waals surface area contributed by atoms with Gasteiger partial charge < -0.3 is 14.8 Å². The number of carbonyl (C=O) groups excluding carboxylic acids is 2. The van der Waals surface area contributed by atoms with Gasteiger partial charge in [-0.2, -0.15) is 0 Å². The molecule has 1 amide bonds. The normalized spacial score (nSPS) is 19.7. The van der Waals surface area contributed by atoms with Gasteiger partial charge in [0.1, 0.15) is 12.2 Å². The fourth-order valence-corrected chi connectivity index (χ4v) is 2.59. The second-order valence-corrected chi connectivity index (χ2v) is 6.33. The van der Waals surface area contributed by atoms with Gasteiger partial charge in [0, 0.05) is 0 Å². The van der Waals surface area contributed by atoms with E-state index in [-0.39, 0.29) is 12.4 Å². The van der Waals surface area contributed by atoms with Gasteiger partial charge >= 0.3 is 6.09 Å². The van der Waals surface area contributed by atoms with Crippen LogP contribution < -0.4 is 5.32 Å². The number of alkyl carbamates (subject to hydrolysis) is 1. The van der Waals surface area contributed by atoms with Gasteiger partial charge in [0.25, 0.3) is 0 Å². The van der Waals surface area contributed by atoms with E-state index in [0.717, 1.165) is 11.1 Å². The van der Waals surface area contributed by atoms with Crippen LogP contribution in [0, 0.1) is 0 Å². The molecular weight excluding hydrogens is 318 g/mol. The van der Waals surface area contributed by atoms with Crippen LogP contribution in [0.4, 0.5) is 4.79 Å². The summed E-state index contributed by atoms with van der Waals surface area (Å²) in [6.45, 7) is 2.29. The third-order valence-electron chi connectivity index (χ3n) is 4.20. The molecule has 2 aromatic carbocycles. The minimum absolute atomic E-state index is 0.131. The summed E-state index contributed by atoms with van der Waals surface area (Å²) in [5.74, 6) is -0.131. The molecule has 5 heteroatoms. The maximum Gasteiger partial charge on any atom is 0.408 e. The van der Waals surface area contributed by atoms with Crippen LogP contribution in [0.15, 0.2) is 60.7 Å². The summed E-state index contributed by atoms with van der Waals surface area (Å²) in [5.41, 5.74) is 1.06. The van der Waals surface area contributed by atoms with Crippen LogP contribution in [0.5, 0.6) is 0 Å². The molecule has 0 aromatic heterocycles. The van der Waals surface area contributed by atoms with Crippen molar-refractivity contribution in [3.63, 3.8) is 0 Å². The molecule has 0 saturated carbocycles. The molecule has 2 atom stereocenters. The van der Waals surface area contributed by atoms with Gasteiger partial charge in [0.15, 0.2) is 5.78 Å². The molecule has 2 aromatic rings. The van der Waals surface area contributed by atoms with Crippen molar-refractivity contribution in [2.24, 2.45) is 0 Å². The number of carbonyl (C=O) groups is 2. The monoisotopic (exact) mass is 339 g/mol.